The molecule has 2 rings (SSSR count). The topological polar surface area (TPSA) is 84.2 Å². The Morgan fingerprint density at radius 1 is 1.38 bits per heavy atom. The molecule has 1 unspecified atom stereocenters. The highest BCUT2D eigenvalue weighted by atomic mass is 16.2. The maximum atomic E-state index is 11.9. The average Bonchev–Trinajstić information content (AvgIpc) is 3.23. The van der Waals surface area contributed by atoms with Crippen molar-refractivity contribution in [3.8, 4) is 0 Å². The molecule has 0 spiro atoms. The quantitative estimate of drug-likeness (QED) is 0.746. The Morgan fingerprint density at radius 3 is 2.71 bits per heavy atom. The second-order valence-electron chi connectivity index (χ2n) is 5.84. The van der Waals surface area contributed by atoms with Gasteiger partial charge in [-0.25, -0.2) is 0 Å². The van der Waals surface area contributed by atoms with Crippen molar-refractivity contribution in [2.24, 2.45) is 11.7 Å². The van der Waals surface area contributed by atoms with Gasteiger partial charge in [0, 0.05) is 18.2 Å². The van der Waals surface area contributed by atoms with Crippen LogP contribution in [-0.2, 0) is 16.1 Å². The third kappa shape index (κ3) is 4.04. The van der Waals surface area contributed by atoms with Crippen LogP contribution in [0.5, 0.6) is 0 Å². The molecule has 114 valence electrons. The Kier molecular flexibility index (Phi) is 4.63. The third-order valence-electron chi connectivity index (χ3n) is 3.95. The summed E-state index contributed by atoms with van der Waals surface area (Å²) in [6.07, 6.45) is 2.31. The molecule has 1 atom stereocenters. The van der Waals surface area contributed by atoms with Crippen LogP contribution in [0.25, 0.3) is 0 Å². The minimum Gasteiger partial charge on any atom is -0.350 e. The lowest BCUT2D eigenvalue weighted by atomic mass is 10.1. The fraction of sp³-hybridized carbons (Fsp3) is 0.500. The van der Waals surface area contributed by atoms with E-state index in [1.165, 1.54) is 0 Å². The van der Waals surface area contributed by atoms with E-state index >= 15 is 0 Å². The van der Waals surface area contributed by atoms with Gasteiger partial charge in [0.1, 0.15) is 0 Å². The summed E-state index contributed by atoms with van der Waals surface area (Å²) in [5.74, 6) is -0.102. The molecule has 1 aromatic rings. The standard InChI is InChI=1S/C16H23N3O2/c1-3-11(2)14(20)19-13-6-4-5-12(9-13)10-18-15(21)16(17)7-8-16/h4-6,9,11H,3,7-8,10,17H2,1-2H3,(H,18,21)(H,19,20). The number of anilines is 1. The summed E-state index contributed by atoms with van der Waals surface area (Å²) >= 11 is 0. The smallest absolute Gasteiger partial charge is 0.240 e. The Hall–Kier alpha value is -1.88. The van der Waals surface area contributed by atoms with Gasteiger partial charge in [-0.1, -0.05) is 26.0 Å². The molecule has 5 heteroatoms. The SMILES string of the molecule is CCC(C)C(=O)Nc1cccc(CNC(=O)C2(N)CC2)c1. The Morgan fingerprint density at radius 2 is 2.10 bits per heavy atom. The van der Waals surface area contributed by atoms with Gasteiger partial charge in [0.2, 0.25) is 11.8 Å². The minimum absolute atomic E-state index is 0.0116. The largest absolute Gasteiger partial charge is 0.350 e. The Bertz CT molecular complexity index is 538. The molecular weight excluding hydrogens is 266 g/mol. The first kappa shape index (κ1) is 15.5. The number of hydrogen-bond acceptors (Lipinski definition) is 3. The number of carbonyl (C=O) groups is 2. The molecule has 4 N–H and O–H groups in total. The number of nitrogens with one attached hydrogen (secondary N) is 2. The van der Waals surface area contributed by atoms with Crippen molar-refractivity contribution in [2.75, 3.05) is 5.32 Å². The minimum atomic E-state index is -0.650. The molecule has 5 nitrogen and oxygen atoms in total. The molecule has 1 aromatic carbocycles. The maximum Gasteiger partial charge on any atom is 0.240 e. The first-order valence-corrected chi connectivity index (χ1v) is 7.41. The molecule has 0 saturated heterocycles. The zero-order valence-electron chi connectivity index (χ0n) is 12.6. The van der Waals surface area contributed by atoms with E-state index in [-0.39, 0.29) is 17.7 Å². The summed E-state index contributed by atoms with van der Waals surface area (Å²) in [5, 5.41) is 5.73. The molecule has 2 amide bonds. The number of hydrogen-bond donors (Lipinski definition) is 3. The van der Waals surface area contributed by atoms with Crippen LogP contribution in [0.1, 0.15) is 38.7 Å². The van der Waals surface area contributed by atoms with Crippen molar-refractivity contribution in [3.05, 3.63) is 29.8 Å². The van der Waals surface area contributed by atoms with Gasteiger partial charge in [0.15, 0.2) is 0 Å². The van der Waals surface area contributed by atoms with Crippen LogP contribution < -0.4 is 16.4 Å². The van der Waals surface area contributed by atoms with Gasteiger partial charge in [-0.15, -0.1) is 0 Å². The highest BCUT2D eigenvalue weighted by Crippen LogP contribution is 2.32. The van der Waals surface area contributed by atoms with Crippen LogP contribution in [0.15, 0.2) is 24.3 Å². The van der Waals surface area contributed by atoms with Gasteiger partial charge in [0.05, 0.1) is 5.54 Å². The first-order valence-electron chi connectivity index (χ1n) is 7.41. The van der Waals surface area contributed by atoms with Gasteiger partial charge in [-0.05, 0) is 37.0 Å². The van der Waals surface area contributed by atoms with E-state index in [4.69, 9.17) is 5.73 Å². The Labute approximate surface area is 125 Å². The second-order valence-corrected chi connectivity index (χ2v) is 5.84. The van der Waals surface area contributed by atoms with Crippen LogP contribution in [0.4, 0.5) is 5.69 Å². The normalized spacial score (nSPS) is 16.9. The van der Waals surface area contributed by atoms with Gasteiger partial charge >= 0.3 is 0 Å². The van der Waals surface area contributed by atoms with E-state index in [0.717, 1.165) is 30.5 Å². The van der Waals surface area contributed by atoms with Crippen molar-refractivity contribution in [2.45, 2.75) is 45.2 Å². The molecule has 0 aromatic heterocycles. The maximum absolute atomic E-state index is 11.9. The van der Waals surface area contributed by atoms with E-state index in [0.29, 0.717) is 6.54 Å². The first-order chi connectivity index (χ1) is 9.94. The molecule has 1 aliphatic rings. The number of amides is 2. The van der Waals surface area contributed by atoms with Crippen molar-refractivity contribution in [1.82, 2.24) is 5.32 Å². The summed E-state index contributed by atoms with van der Waals surface area (Å²) in [7, 11) is 0. The summed E-state index contributed by atoms with van der Waals surface area (Å²) in [6, 6.07) is 7.49. The zero-order chi connectivity index (χ0) is 15.5. The van der Waals surface area contributed by atoms with E-state index in [2.05, 4.69) is 10.6 Å². The number of nitrogens with two attached hydrogens (primary N) is 1. The molecule has 1 saturated carbocycles. The summed E-state index contributed by atoms with van der Waals surface area (Å²) < 4.78 is 0. The van der Waals surface area contributed by atoms with Crippen LogP contribution >= 0.6 is 0 Å². The summed E-state index contributed by atoms with van der Waals surface area (Å²) in [4.78, 5) is 23.6. The molecule has 1 aliphatic carbocycles. The van der Waals surface area contributed by atoms with Crippen LogP contribution in [0.3, 0.4) is 0 Å². The number of carbonyl (C=O) groups excluding carboxylic acids is 2. The fourth-order valence-corrected chi connectivity index (χ4v) is 1.93. The van der Waals surface area contributed by atoms with E-state index in [9.17, 15) is 9.59 Å². The van der Waals surface area contributed by atoms with Gasteiger partial charge in [-0.2, -0.15) is 0 Å². The monoisotopic (exact) mass is 289 g/mol. The zero-order valence-corrected chi connectivity index (χ0v) is 12.6. The fourth-order valence-electron chi connectivity index (χ4n) is 1.93. The summed E-state index contributed by atoms with van der Waals surface area (Å²) in [6.45, 7) is 4.30. The van der Waals surface area contributed by atoms with Gasteiger partial charge in [-0.3, -0.25) is 9.59 Å². The molecule has 0 heterocycles. The molecule has 0 aliphatic heterocycles. The van der Waals surface area contributed by atoms with Gasteiger partial charge < -0.3 is 16.4 Å². The van der Waals surface area contributed by atoms with E-state index in [1.807, 2.05) is 38.1 Å². The third-order valence-corrected chi connectivity index (χ3v) is 3.95. The molecular formula is C16H23N3O2. The predicted octanol–water partition coefficient (Wildman–Crippen LogP) is 1.78. The lowest BCUT2D eigenvalue weighted by Crippen LogP contribution is -2.42. The molecule has 21 heavy (non-hydrogen) atoms. The Balaban J connectivity index is 1.91. The second kappa shape index (κ2) is 6.26. The van der Waals surface area contributed by atoms with E-state index < -0.39 is 5.54 Å². The van der Waals surface area contributed by atoms with Crippen molar-refractivity contribution in [3.63, 3.8) is 0 Å². The predicted molar refractivity (Wildman–Crippen MR) is 82.5 cm³/mol. The van der Waals surface area contributed by atoms with Gasteiger partial charge in [0.25, 0.3) is 0 Å². The number of rotatable bonds is 6. The van der Waals surface area contributed by atoms with Crippen LogP contribution in [0, 0.1) is 5.92 Å². The average molecular weight is 289 g/mol. The molecule has 0 radical (unpaired) electrons. The summed E-state index contributed by atoms with van der Waals surface area (Å²) in [5.41, 5.74) is 6.87. The van der Waals surface area contributed by atoms with Crippen molar-refractivity contribution in [1.29, 1.82) is 0 Å². The highest BCUT2D eigenvalue weighted by Gasteiger charge is 2.45. The number of benzene rings is 1. The lowest BCUT2D eigenvalue weighted by molar-refractivity contribution is -0.123. The van der Waals surface area contributed by atoms with Crippen LogP contribution in [-0.4, -0.2) is 17.4 Å². The van der Waals surface area contributed by atoms with Crippen molar-refractivity contribution >= 4 is 17.5 Å². The molecule has 0 bridgehead atoms. The molecule has 1 fully saturated rings. The lowest BCUT2D eigenvalue weighted by Gasteiger charge is -2.12. The van der Waals surface area contributed by atoms with Crippen LogP contribution in [0.2, 0.25) is 0 Å². The van der Waals surface area contributed by atoms with E-state index in [1.54, 1.807) is 0 Å². The van der Waals surface area contributed by atoms with Crippen molar-refractivity contribution < 1.29 is 9.59 Å². The highest BCUT2D eigenvalue weighted by molar-refractivity contribution is 5.92.